The van der Waals surface area contributed by atoms with Crippen LogP contribution in [0, 0.1) is 0 Å². The zero-order valence-corrected chi connectivity index (χ0v) is 18.1. The van der Waals surface area contributed by atoms with Crippen molar-refractivity contribution in [2.75, 3.05) is 31.7 Å². The first-order valence-electron chi connectivity index (χ1n) is 8.16. The molecule has 0 radical (unpaired) electrons. The summed E-state index contributed by atoms with van der Waals surface area (Å²) in [6.07, 6.45) is 4.30. The fourth-order valence-electron chi connectivity index (χ4n) is 1.89. The molecule has 0 saturated heterocycles. The molecule has 140 valence electrons. The van der Waals surface area contributed by atoms with Gasteiger partial charge in [-0.1, -0.05) is 5.16 Å². The average Bonchev–Trinajstić information content (AvgIpc) is 3.01. The first-order chi connectivity index (χ1) is 11.2. The Hall–Kier alpha value is -0.550. The summed E-state index contributed by atoms with van der Waals surface area (Å²) in [6, 6.07) is 0. The fourth-order valence-corrected chi connectivity index (χ4v) is 2.38. The van der Waals surface area contributed by atoms with Crippen LogP contribution in [0.25, 0.3) is 0 Å². The molecule has 0 aliphatic rings. The van der Waals surface area contributed by atoms with Crippen LogP contribution in [-0.4, -0.2) is 47.8 Å². The van der Waals surface area contributed by atoms with Crippen LogP contribution in [0.3, 0.4) is 0 Å². The number of nitrogens with one attached hydrogen (secondary N) is 2. The highest BCUT2D eigenvalue weighted by Crippen LogP contribution is 2.12. The smallest absolute Gasteiger partial charge is 0.248 e. The lowest BCUT2D eigenvalue weighted by Crippen LogP contribution is -2.37. The zero-order valence-electron chi connectivity index (χ0n) is 15.0. The van der Waals surface area contributed by atoms with Gasteiger partial charge in [-0.2, -0.15) is 16.7 Å². The SMILES string of the molecule is CCNC(=NCc1nc(C(C)OCC)no1)NCCCCSC.I. The number of nitrogens with zero attached hydrogens (tertiary/aromatic N) is 3. The Morgan fingerprint density at radius 3 is 2.79 bits per heavy atom. The number of aromatic nitrogens is 2. The first kappa shape index (κ1) is 23.4. The van der Waals surface area contributed by atoms with Gasteiger partial charge in [0.15, 0.2) is 11.8 Å². The van der Waals surface area contributed by atoms with E-state index in [1.807, 2.05) is 32.5 Å². The molecule has 0 bridgehead atoms. The third kappa shape index (κ3) is 9.67. The number of hydrogen-bond donors (Lipinski definition) is 2. The van der Waals surface area contributed by atoms with E-state index in [-0.39, 0.29) is 30.1 Å². The van der Waals surface area contributed by atoms with Crippen molar-refractivity contribution >= 4 is 41.7 Å². The summed E-state index contributed by atoms with van der Waals surface area (Å²) >= 11 is 1.87. The van der Waals surface area contributed by atoms with Gasteiger partial charge < -0.3 is 19.9 Å². The minimum absolute atomic E-state index is 0. The number of halogens is 1. The summed E-state index contributed by atoms with van der Waals surface area (Å²) in [4.78, 5) is 8.79. The molecule has 1 aromatic heterocycles. The molecular weight excluding hydrogens is 441 g/mol. The Morgan fingerprint density at radius 2 is 2.12 bits per heavy atom. The number of thioether (sulfide) groups is 1. The van der Waals surface area contributed by atoms with Crippen LogP contribution in [0.2, 0.25) is 0 Å². The Kier molecular flexibility index (Phi) is 14.4. The molecule has 0 aromatic carbocycles. The fraction of sp³-hybridized carbons (Fsp3) is 0.800. The Labute approximate surface area is 166 Å². The van der Waals surface area contributed by atoms with Crippen LogP contribution < -0.4 is 10.6 Å². The molecule has 1 rings (SSSR count). The molecule has 7 nitrogen and oxygen atoms in total. The van der Waals surface area contributed by atoms with Crippen molar-refractivity contribution in [1.29, 1.82) is 0 Å². The lowest BCUT2D eigenvalue weighted by Gasteiger charge is -2.10. The molecule has 0 fully saturated rings. The number of rotatable bonds is 11. The maximum absolute atomic E-state index is 5.44. The van der Waals surface area contributed by atoms with E-state index in [4.69, 9.17) is 9.26 Å². The van der Waals surface area contributed by atoms with Crippen LogP contribution >= 0.6 is 35.7 Å². The molecule has 0 saturated carbocycles. The third-order valence-corrected chi connectivity index (χ3v) is 3.75. The van der Waals surface area contributed by atoms with E-state index in [9.17, 15) is 0 Å². The lowest BCUT2D eigenvalue weighted by molar-refractivity contribution is 0.0683. The molecule has 0 amide bonds. The van der Waals surface area contributed by atoms with E-state index < -0.39 is 0 Å². The van der Waals surface area contributed by atoms with E-state index in [1.54, 1.807) is 0 Å². The van der Waals surface area contributed by atoms with E-state index in [2.05, 4.69) is 32.0 Å². The number of ether oxygens (including phenoxy) is 1. The van der Waals surface area contributed by atoms with E-state index >= 15 is 0 Å². The lowest BCUT2D eigenvalue weighted by atomic mass is 10.3. The van der Waals surface area contributed by atoms with Gasteiger partial charge in [-0.3, -0.25) is 0 Å². The van der Waals surface area contributed by atoms with Gasteiger partial charge >= 0.3 is 0 Å². The summed E-state index contributed by atoms with van der Waals surface area (Å²) in [5, 5.41) is 10.5. The van der Waals surface area contributed by atoms with Gasteiger partial charge in [0.25, 0.3) is 0 Å². The molecule has 1 heterocycles. The van der Waals surface area contributed by atoms with Gasteiger partial charge in [0.05, 0.1) is 0 Å². The summed E-state index contributed by atoms with van der Waals surface area (Å²) in [7, 11) is 0. The Bertz CT molecular complexity index is 459. The van der Waals surface area contributed by atoms with Crippen molar-refractivity contribution in [3.63, 3.8) is 0 Å². The first-order valence-corrected chi connectivity index (χ1v) is 9.55. The zero-order chi connectivity index (χ0) is 16.9. The van der Waals surface area contributed by atoms with Crippen LogP contribution in [0.1, 0.15) is 51.4 Å². The second-order valence-electron chi connectivity index (χ2n) is 4.97. The van der Waals surface area contributed by atoms with Gasteiger partial charge in [-0.05, 0) is 45.6 Å². The second-order valence-corrected chi connectivity index (χ2v) is 5.95. The van der Waals surface area contributed by atoms with Crippen molar-refractivity contribution in [3.05, 3.63) is 11.7 Å². The van der Waals surface area contributed by atoms with E-state index in [0.717, 1.165) is 25.5 Å². The molecule has 0 aliphatic carbocycles. The molecule has 0 aliphatic heterocycles. The van der Waals surface area contributed by atoms with Crippen molar-refractivity contribution in [1.82, 2.24) is 20.8 Å². The molecule has 1 atom stereocenters. The van der Waals surface area contributed by atoms with Gasteiger partial charge in [0.1, 0.15) is 12.6 Å². The number of unbranched alkanes of at least 4 members (excludes halogenated alkanes) is 1. The van der Waals surface area contributed by atoms with Crippen LogP contribution in [0.4, 0.5) is 0 Å². The van der Waals surface area contributed by atoms with Gasteiger partial charge in [-0.15, -0.1) is 24.0 Å². The standard InChI is InChI=1S/C15H29N5O2S.HI/c1-5-16-15(17-9-7-8-10-23-4)18-11-13-19-14(20-22-13)12(3)21-6-2;/h12H,5-11H2,1-4H3,(H2,16,17,18);1H. The second kappa shape index (κ2) is 14.8. The molecule has 9 heteroatoms. The topological polar surface area (TPSA) is 84.6 Å². The molecule has 24 heavy (non-hydrogen) atoms. The van der Waals surface area contributed by atoms with E-state index in [1.165, 1.54) is 12.2 Å². The van der Waals surface area contributed by atoms with Crippen molar-refractivity contribution < 1.29 is 9.26 Å². The Balaban J connectivity index is 0.00000529. The van der Waals surface area contributed by atoms with Gasteiger partial charge in [0, 0.05) is 19.7 Å². The van der Waals surface area contributed by atoms with Gasteiger partial charge in [-0.25, -0.2) is 4.99 Å². The molecule has 2 N–H and O–H groups in total. The highest BCUT2D eigenvalue weighted by molar-refractivity contribution is 14.0. The minimum atomic E-state index is -0.163. The number of aliphatic imine (C=N–C) groups is 1. The predicted molar refractivity (Wildman–Crippen MR) is 110 cm³/mol. The normalized spacial score (nSPS) is 12.6. The van der Waals surface area contributed by atoms with Gasteiger partial charge in [0.2, 0.25) is 5.89 Å². The summed E-state index contributed by atoms with van der Waals surface area (Å²) in [5.41, 5.74) is 0. The Morgan fingerprint density at radius 1 is 1.33 bits per heavy atom. The largest absolute Gasteiger partial charge is 0.371 e. The average molecular weight is 471 g/mol. The monoisotopic (exact) mass is 471 g/mol. The van der Waals surface area contributed by atoms with Crippen LogP contribution in [-0.2, 0) is 11.3 Å². The van der Waals surface area contributed by atoms with Crippen molar-refractivity contribution in [2.45, 2.75) is 46.3 Å². The minimum Gasteiger partial charge on any atom is -0.371 e. The summed E-state index contributed by atoms with van der Waals surface area (Å²) < 4.78 is 10.7. The quantitative estimate of drug-likeness (QED) is 0.222. The highest BCUT2D eigenvalue weighted by Gasteiger charge is 2.13. The molecule has 1 unspecified atom stereocenters. The van der Waals surface area contributed by atoms with E-state index in [0.29, 0.717) is 24.9 Å². The number of hydrogen-bond acceptors (Lipinski definition) is 6. The van der Waals surface area contributed by atoms with Crippen LogP contribution in [0.5, 0.6) is 0 Å². The molecule has 0 spiro atoms. The van der Waals surface area contributed by atoms with Crippen molar-refractivity contribution in [2.24, 2.45) is 4.99 Å². The number of guanidine groups is 1. The maximum atomic E-state index is 5.44. The maximum Gasteiger partial charge on any atom is 0.248 e. The highest BCUT2D eigenvalue weighted by atomic mass is 127. The van der Waals surface area contributed by atoms with Crippen molar-refractivity contribution in [3.8, 4) is 0 Å². The summed E-state index contributed by atoms with van der Waals surface area (Å²) in [6.45, 7) is 8.58. The third-order valence-electron chi connectivity index (χ3n) is 3.05. The van der Waals surface area contributed by atoms with Crippen LogP contribution in [0.15, 0.2) is 9.52 Å². The molecule has 1 aromatic rings. The molecular formula is C15H30IN5O2S. The predicted octanol–water partition coefficient (Wildman–Crippen LogP) is 2.98. The summed E-state index contributed by atoms with van der Waals surface area (Å²) in [5.74, 6) is 3.02.